The van der Waals surface area contributed by atoms with Crippen LogP contribution in [0, 0.1) is 0 Å². The van der Waals surface area contributed by atoms with Gasteiger partial charge in [0, 0.05) is 12.2 Å². The first-order valence-corrected chi connectivity index (χ1v) is 11.2. The summed E-state index contributed by atoms with van der Waals surface area (Å²) in [5.74, 6) is -3.44. The second-order valence-corrected chi connectivity index (χ2v) is 7.83. The summed E-state index contributed by atoms with van der Waals surface area (Å²) in [4.78, 5) is 49.3. The number of benzene rings is 1. The van der Waals surface area contributed by atoms with Crippen molar-refractivity contribution in [3.63, 3.8) is 0 Å². The van der Waals surface area contributed by atoms with Gasteiger partial charge in [-0.15, -0.1) is 0 Å². The molecule has 0 bridgehead atoms. The lowest BCUT2D eigenvalue weighted by molar-refractivity contribution is -0.141. The zero-order valence-electron chi connectivity index (χ0n) is 18.3. The van der Waals surface area contributed by atoms with E-state index in [0.717, 1.165) is 5.56 Å². The van der Waals surface area contributed by atoms with Gasteiger partial charge in [0.05, 0.1) is 6.61 Å². The second-order valence-electron chi connectivity index (χ2n) is 7.47. The van der Waals surface area contributed by atoms with Crippen LogP contribution in [0.3, 0.4) is 0 Å². The van der Waals surface area contributed by atoms with E-state index in [0.29, 0.717) is 19.4 Å². The molecule has 0 heterocycles. The normalized spacial score (nSPS) is 14.4. The fraction of sp³-hybridized carbons (Fsp3) is 0.524. The van der Waals surface area contributed by atoms with Crippen LogP contribution in [0.15, 0.2) is 30.3 Å². The number of amides is 3. The lowest BCUT2D eigenvalue weighted by atomic mass is 10.0. The molecule has 4 unspecified atom stereocenters. The smallest absolute Gasteiger partial charge is 0.327 e. The minimum atomic E-state index is -1.25. The summed E-state index contributed by atoms with van der Waals surface area (Å²) in [5.41, 5.74) is 11.8. The largest absolute Gasteiger partial charge is 0.480 e. The van der Waals surface area contributed by atoms with Gasteiger partial charge >= 0.3 is 5.97 Å². The molecule has 12 heteroatoms. The van der Waals surface area contributed by atoms with E-state index in [2.05, 4.69) is 28.6 Å². The zero-order valence-corrected chi connectivity index (χ0v) is 19.2. The minimum absolute atomic E-state index is 0.113. The monoisotopic (exact) mass is 483 g/mol. The Morgan fingerprint density at radius 3 is 2.03 bits per heavy atom. The molecule has 9 N–H and O–H groups in total. The van der Waals surface area contributed by atoms with Crippen LogP contribution < -0.4 is 27.4 Å². The van der Waals surface area contributed by atoms with Gasteiger partial charge in [0.15, 0.2) is 0 Å². The van der Waals surface area contributed by atoms with Gasteiger partial charge in [-0.3, -0.25) is 14.4 Å². The highest BCUT2D eigenvalue weighted by atomic mass is 32.1. The van der Waals surface area contributed by atoms with Crippen molar-refractivity contribution < 1.29 is 29.4 Å². The summed E-state index contributed by atoms with van der Waals surface area (Å²) >= 11 is 3.93. The molecular formula is C21H33N5O6S. The molecular weight excluding hydrogens is 450 g/mol. The predicted octanol–water partition coefficient (Wildman–Crippen LogP) is -1.85. The van der Waals surface area contributed by atoms with Crippen LogP contribution in [-0.4, -0.2) is 77.0 Å². The maximum atomic E-state index is 13.1. The Morgan fingerprint density at radius 2 is 1.48 bits per heavy atom. The third-order valence-corrected chi connectivity index (χ3v) is 5.19. The summed E-state index contributed by atoms with van der Waals surface area (Å²) in [7, 11) is 0. The third-order valence-electron chi connectivity index (χ3n) is 4.83. The number of nitrogens with two attached hydrogens (primary N) is 2. The van der Waals surface area contributed by atoms with Crippen molar-refractivity contribution in [1.82, 2.24) is 16.0 Å². The molecule has 184 valence electrons. The minimum Gasteiger partial charge on any atom is -0.480 e. The summed E-state index contributed by atoms with van der Waals surface area (Å²) in [6.45, 7) is -0.210. The van der Waals surface area contributed by atoms with Gasteiger partial charge in [0.1, 0.15) is 24.2 Å². The van der Waals surface area contributed by atoms with Gasteiger partial charge in [-0.2, -0.15) is 12.6 Å². The molecule has 33 heavy (non-hydrogen) atoms. The second kappa shape index (κ2) is 15.2. The number of aliphatic carboxylic acids is 1. The first-order chi connectivity index (χ1) is 15.7. The van der Waals surface area contributed by atoms with E-state index in [1.165, 1.54) is 0 Å². The number of hydrogen-bond acceptors (Lipinski definition) is 8. The van der Waals surface area contributed by atoms with E-state index >= 15 is 0 Å². The molecule has 0 radical (unpaired) electrons. The SMILES string of the molecule is NCCCCC(NC(=O)C(Cc1ccccc1)NC(=O)C(N)CO)C(=O)NC(CS)C(=O)O. The molecule has 0 fully saturated rings. The fourth-order valence-corrected chi connectivity index (χ4v) is 3.16. The van der Waals surface area contributed by atoms with Crippen LogP contribution >= 0.6 is 12.6 Å². The molecule has 11 nitrogen and oxygen atoms in total. The number of nitrogens with one attached hydrogen (secondary N) is 3. The van der Waals surface area contributed by atoms with E-state index < -0.39 is 54.5 Å². The van der Waals surface area contributed by atoms with Gasteiger partial charge in [-0.25, -0.2) is 4.79 Å². The maximum Gasteiger partial charge on any atom is 0.327 e. The van der Waals surface area contributed by atoms with Crippen molar-refractivity contribution in [3.05, 3.63) is 35.9 Å². The fourth-order valence-electron chi connectivity index (χ4n) is 2.91. The lowest BCUT2D eigenvalue weighted by Gasteiger charge is -2.25. The lowest BCUT2D eigenvalue weighted by Crippen LogP contribution is -2.58. The summed E-state index contributed by atoms with van der Waals surface area (Å²) < 4.78 is 0. The number of carboxylic acid groups (broad SMARTS) is 1. The molecule has 0 saturated heterocycles. The van der Waals surface area contributed by atoms with Crippen molar-refractivity contribution in [1.29, 1.82) is 0 Å². The molecule has 0 aromatic heterocycles. The van der Waals surface area contributed by atoms with E-state index in [1.54, 1.807) is 30.3 Å². The van der Waals surface area contributed by atoms with Gasteiger partial charge in [-0.05, 0) is 31.4 Å². The van der Waals surface area contributed by atoms with Gasteiger partial charge in [0.25, 0.3) is 0 Å². The average Bonchev–Trinajstić information content (AvgIpc) is 2.81. The number of thiol groups is 1. The van der Waals surface area contributed by atoms with Crippen LogP contribution in [0.25, 0.3) is 0 Å². The Labute approximate surface area is 198 Å². The molecule has 1 aromatic carbocycles. The Bertz CT molecular complexity index is 782. The van der Waals surface area contributed by atoms with Crippen LogP contribution in [0.5, 0.6) is 0 Å². The number of carbonyl (C=O) groups excluding carboxylic acids is 3. The standard InChI is InChI=1S/C21H33N5O6S/c22-9-5-4-8-15(19(29)26-17(12-33)21(31)32)24-20(30)16(25-18(28)14(23)11-27)10-13-6-2-1-3-7-13/h1-3,6-7,14-17,27,33H,4-5,8-12,22-23H2,(H,24,30)(H,25,28)(H,26,29)(H,31,32). The predicted molar refractivity (Wildman–Crippen MR) is 125 cm³/mol. The molecule has 0 spiro atoms. The molecule has 0 aliphatic heterocycles. The van der Waals surface area contributed by atoms with Crippen LogP contribution in [0.1, 0.15) is 24.8 Å². The molecule has 4 atom stereocenters. The molecule has 1 aromatic rings. The van der Waals surface area contributed by atoms with Gasteiger partial charge in [-0.1, -0.05) is 30.3 Å². The highest BCUT2D eigenvalue weighted by molar-refractivity contribution is 7.80. The molecule has 0 aliphatic carbocycles. The number of hydrogen-bond donors (Lipinski definition) is 8. The Hall–Kier alpha value is -2.67. The van der Waals surface area contributed by atoms with Crippen molar-refractivity contribution >= 4 is 36.3 Å². The molecule has 0 saturated carbocycles. The number of carbonyl (C=O) groups is 4. The number of aliphatic hydroxyl groups excluding tert-OH is 1. The summed E-state index contributed by atoms with van der Waals surface area (Å²) in [5, 5.41) is 25.8. The number of aliphatic hydroxyl groups is 1. The van der Waals surface area contributed by atoms with Crippen molar-refractivity contribution in [2.75, 3.05) is 18.9 Å². The van der Waals surface area contributed by atoms with Crippen molar-refractivity contribution in [2.45, 2.75) is 49.9 Å². The van der Waals surface area contributed by atoms with Gasteiger partial charge in [0.2, 0.25) is 17.7 Å². The highest BCUT2D eigenvalue weighted by Gasteiger charge is 2.29. The Kier molecular flexibility index (Phi) is 13.1. The highest BCUT2D eigenvalue weighted by Crippen LogP contribution is 2.07. The number of unbranched alkanes of at least 4 members (excludes halogenated alkanes) is 1. The summed E-state index contributed by atoms with van der Waals surface area (Å²) in [6.07, 6.45) is 1.45. The quantitative estimate of drug-likeness (QED) is 0.105. The van der Waals surface area contributed by atoms with Crippen molar-refractivity contribution in [3.8, 4) is 0 Å². The third kappa shape index (κ3) is 10.2. The van der Waals surface area contributed by atoms with Crippen molar-refractivity contribution in [2.24, 2.45) is 11.5 Å². The zero-order chi connectivity index (χ0) is 24.8. The van der Waals surface area contributed by atoms with E-state index in [9.17, 15) is 24.3 Å². The molecule has 3 amide bonds. The first kappa shape index (κ1) is 28.4. The maximum absolute atomic E-state index is 13.1. The average molecular weight is 484 g/mol. The Morgan fingerprint density at radius 1 is 0.909 bits per heavy atom. The van der Waals surface area contributed by atoms with Crippen LogP contribution in [-0.2, 0) is 25.6 Å². The number of carboxylic acids is 1. The first-order valence-electron chi connectivity index (χ1n) is 10.6. The number of rotatable bonds is 15. The van der Waals surface area contributed by atoms with Crippen LogP contribution in [0.4, 0.5) is 0 Å². The topological polar surface area (TPSA) is 197 Å². The van der Waals surface area contributed by atoms with Crippen LogP contribution in [0.2, 0.25) is 0 Å². The molecule has 0 aliphatic rings. The van der Waals surface area contributed by atoms with Gasteiger partial charge < -0.3 is 37.6 Å². The summed E-state index contributed by atoms with van der Waals surface area (Å²) in [6, 6.07) is 4.33. The van der Waals surface area contributed by atoms with E-state index in [-0.39, 0.29) is 18.6 Å². The van der Waals surface area contributed by atoms with E-state index in [1.807, 2.05) is 0 Å². The van der Waals surface area contributed by atoms with E-state index in [4.69, 9.17) is 16.6 Å². The molecule has 1 rings (SSSR count). The Balaban J connectivity index is 3.03.